The van der Waals surface area contributed by atoms with Crippen molar-refractivity contribution < 1.29 is 28.6 Å². The fraction of sp³-hybridized carbons (Fsp3) is 0.941. The van der Waals surface area contributed by atoms with Gasteiger partial charge in [0, 0.05) is 19.3 Å². The first-order valence-corrected chi connectivity index (χ1v) is 25.3. The zero-order valence-electron chi connectivity index (χ0n) is 39.0. The molecule has 0 amide bonds. The maximum Gasteiger partial charge on any atom is 0.306 e. The zero-order chi connectivity index (χ0) is 41.9. The van der Waals surface area contributed by atoms with Gasteiger partial charge in [-0.25, -0.2) is 0 Å². The van der Waals surface area contributed by atoms with E-state index in [1.54, 1.807) is 0 Å². The minimum absolute atomic E-state index is 0.0647. The Morgan fingerprint density at radius 3 is 1.00 bits per heavy atom. The fourth-order valence-electron chi connectivity index (χ4n) is 7.60. The molecule has 6 nitrogen and oxygen atoms in total. The Balaban J connectivity index is 4.27. The first kappa shape index (κ1) is 55.4. The molecule has 0 aliphatic rings. The topological polar surface area (TPSA) is 78.9 Å². The van der Waals surface area contributed by atoms with Gasteiger partial charge in [-0.2, -0.15) is 0 Å². The Hall–Kier alpha value is -1.59. The van der Waals surface area contributed by atoms with Crippen LogP contribution < -0.4 is 0 Å². The molecule has 0 aliphatic carbocycles. The van der Waals surface area contributed by atoms with Crippen molar-refractivity contribution in [2.45, 2.75) is 285 Å². The van der Waals surface area contributed by atoms with Gasteiger partial charge in [0.25, 0.3) is 0 Å². The quantitative estimate of drug-likeness (QED) is 0.0346. The number of unbranched alkanes of at least 4 members (excludes halogenated alkanes) is 29. The molecule has 0 aliphatic heterocycles. The van der Waals surface area contributed by atoms with Crippen LogP contribution in [0.1, 0.15) is 279 Å². The molecule has 0 N–H and O–H groups in total. The van der Waals surface area contributed by atoms with Gasteiger partial charge in [0.1, 0.15) is 13.2 Å². The Labute approximate surface area is 355 Å². The fourth-order valence-corrected chi connectivity index (χ4v) is 7.60. The standard InChI is InChI=1S/C51H98O6/c1-6-8-9-10-11-12-13-19-22-25-31-36-41-49(52)55-44-48(57-51(54)43-38-33-28-27-30-35-40-47(5)7-2)45-56-50(53)42-37-32-26-23-20-17-15-14-16-18-21-24-29-34-39-46(3)4/h46-48H,6-45H2,1-5H3/t47?,48-/m1/s1. The van der Waals surface area contributed by atoms with Crippen molar-refractivity contribution in [2.24, 2.45) is 11.8 Å². The molecular weight excluding hydrogens is 709 g/mol. The van der Waals surface area contributed by atoms with Gasteiger partial charge in [0.2, 0.25) is 0 Å². The third-order valence-corrected chi connectivity index (χ3v) is 11.8. The summed E-state index contributed by atoms with van der Waals surface area (Å²) in [4.78, 5) is 37.8. The van der Waals surface area contributed by atoms with E-state index in [1.165, 1.54) is 167 Å². The lowest BCUT2D eigenvalue weighted by molar-refractivity contribution is -0.167. The van der Waals surface area contributed by atoms with Crippen LogP contribution in [0.4, 0.5) is 0 Å². The van der Waals surface area contributed by atoms with Crippen LogP contribution in [0, 0.1) is 11.8 Å². The highest BCUT2D eigenvalue weighted by Gasteiger charge is 2.19. The highest BCUT2D eigenvalue weighted by atomic mass is 16.6. The molecular formula is C51H98O6. The summed E-state index contributed by atoms with van der Waals surface area (Å²) in [6.07, 6.45) is 43.7. The van der Waals surface area contributed by atoms with Gasteiger partial charge >= 0.3 is 17.9 Å². The zero-order valence-corrected chi connectivity index (χ0v) is 39.0. The van der Waals surface area contributed by atoms with Crippen LogP contribution in [-0.2, 0) is 28.6 Å². The summed E-state index contributed by atoms with van der Waals surface area (Å²) in [5, 5.41) is 0. The molecule has 0 saturated heterocycles. The predicted octanol–water partition coefficient (Wildman–Crippen LogP) is 16.1. The van der Waals surface area contributed by atoms with E-state index in [2.05, 4.69) is 34.6 Å². The minimum Gasteiger partial charge on any atom is -0.462 e. The third-order valence-electron chi connectivity index (χ3n) is 11.8. The van der Waals surface area contributed by atoms with E-state index in [1.807, 2.05) is 0 Å². The van der Waals surface area contributed by atoms with Gasteiger partial charge in [-0.3, -0.25) is 14.4 Å². The van der Waals surface area contributed by atoms with Crippen molar-refractivity contribution in [3.63, 3.8) is 0 Å². The van der Waals surface area contributed by atoms with Gasteiger partial charge in [0.15, 0.2) is 6.10 Å². The lowest BCUT2D eigenvalue weighted by Gasteiger charge is -2.18. The molecule has 0 fully saturated rings. The van der Waals surface area contributed by atoms with Crippen molar-refractivity contribution >= 4 is 17.9 Å². The predicted molar refractivity (Wildman–Crippen MR) is 243 cm³/mol. The van der Waals surface area contributed by atoms with Gasteiger partial charge in [-0.1, -0.05) is 240 Å². The van der Waals surface area contributed by atoms with E-state index < -0.39 is 6.10 Å². The first-order chi connectivity index (χ1) is 27.8. The Morgan fingerprint density at radius 1 is 0.368 bits per heavy atom. The number of hydrogen-bond donors (Lipinski definition) is 0. The normalized spacial score (nSPS) is 12.5. The largest absolute Gasteiger partial charge is 0.462 e. The van der Waals surface area contributed by atoms with E-state index >= 15 is 0 Å². The van der Waals surface area contributed by atoms with Gasteiger partial charge in [0.05, 0.1) is 0 Å². The lowest BCUT2D eigenvalue weighted by Crippen LogP contribution is -2.30. The lowest BCUT2D eigenvalue weighted by atomic mass is 10.00. The maximum atomic E-state index is 12.7. The van der Waals surface area contributed by atoms with Gasteiger partial charge in [-0.15, -0.1) is 0 Å². The summed E-state index contributed by atoms with van der Waals surface area (Å²) in [7, 11) is 0. The number of ether oxygens (including phenoxy) is 3. The van der Waals surface area contributed by atoms with Crippen LogP contribution >= 0.6 is 0 Å². The molecule has 57 heavy (non-hydrogen) atoms. The number of hydrogen-bond acceptors (Lipinski definition) is 6. The van der Waals surface area contributed by atoms with Crippen molar-refractivity contribution in [1.82, 2.24) is 0 Å². The molecule has 0 bridgehead atoms. The summed E-state index contributed by atoms with van der Waals surface area (Å²) in [5.41, 5.74) is 0. The van der Waals surface area contributed by atoms with Gasteiger partial charge < -0.3 is 14.2 Å². The second kappa shape index (κ2) is 44.0. The molecule has 0 saturated carbocycles. The molecule has 2 atom stereocenters. The molecule has 0 aromatic carbocycles. The van der Waals surface area contributed by atoms with E-state index in [-0.39, 0.29) is 31.1 Å². The SMILES string of the molecule is CCCCCCCCCCCCCCC(=O)OC[C@H](COC(=O)CCCCCCCCCCCCCCCCC(C)C)OC(=O)CCCCCCCCC(C)CC. The van der Waals surface area contributed by atoms with E-state index in [0.29, 0.717) is 19.3 Å². The molecule has 1 unspecified atom stereocenters. The molecule has 0 rings (SSSR count). The highest BCUT2D eigenvalue weighted by molar-refractivity contribution is 5.71. The second-order valence-electron chi connectivity index (χ2n) is 18.2. The smallest absolute Gasteiger partial charge is 0.306 e. The van der Waals surface area contributed by atoms with E-state index in [4.69, 9.17) is 14.2 Å². The van der Waals surface area contributed by atoms with Crippen LogP contribution in [-0.4, -0.2) is 37.2 Å². The molecule has 0 aromatic rings. The second-order valence-corrected chi connectivity index (χ2v) is 18.2. The van der Waals surface area contributed by atoms with Crippen molar-refractivity contribution in [2.75, 3.05) is 13.2 Å². The van der Waals surface area contributed by atoms with Crippen molar-refractivity contribution in [3.05, 3.63) is 0 Å². The van der Waals surface area contributed by atoms with Crippen LogP contribution in [0.25, 0.3) is 0 Å². The van der Waals surface area contributed by atoms with Crippen LogP contribution in [0.2, 0.25) is 0 Å². The summed E-state index contributed by atoms with van der Waals surface area (Å²) in [5.74, 6) is 0.801. The van der Waals surface area contributed by atoms with Crippen LogP contribution in [0.3, 0.4) is 0 Å². The molecule has 0 heterocycles. The average molecular weight is 807 g/mol. The Bertz CT molecular complexity index is 872. The van der Waals surface area contributed by atoms with Crippen molar-refractivity contribution in [1.29, 1.82) is 0 Å². The van der Waals surface area contributed by atoms with Crippen molar-refractivity contribution in [3.8, 4) is 0 Å². The Kier molecular flexibility index (Phi) is 42.7. The number of carbonyl (C=O) groups is 3. The van der Waals surface area contributed by atoms with Gasteiger partial charge in [-0.05, 0) is 31.1 Å². The van der Waals surface area contributed by atoms with Crippen LogP contribution in [0.5, 0.6) is 0 Å². The molecule has 0 aromatic heterocycles. The summed E-state index contributed by atoms with van der Waals surface area (Å²) in [6.45, 7) is 11.3. The monoisotopic (exact) mass is 807 g/mol. The summed E-state index contributed by atoms with van der Waals surface area (Å²) >= 11 is 0. The summed E-state index contributed by atoms with van der Waals surface area (Å²) < 4.78 is 16.8. The first-order valence-electron chi connectivity index (χ1n) is 25.3. The summed E-state index contributed by atoms with van der Waals surface area (Å²) in [6, 6.07) is 0. The molecule has 0 radical (unpaired) electrons. The molecule has 338 valence electrons. The van der Waals surface area contributed by atoms with E-state index in [0.717, 1.165) is 69.6 Å². The highest BCUT2D eigenvalue weighted by Crippen LogP contribution is 2.17. The number of rotatable bonds is 45. The van der Waals surface area contributed by atoms with Crippen LogP contribution in [0.15, 0.2) is 0 Å². The number of esters is 3. The van der Waals surface area contributed by atoms with E-state index in [9.17, 15) is 14.4 Å². The number of carbonyl (C=O) groups excluding carboxylic acids is 3. The maximum absolute atomic E-state index is 12.7. The molecule has 0 spiro atoms. The minimum atomic E-state index is -0.761. The third kappa shape index (κ3) is 43.8. The average Bonchev–Trinajstić information content (AvgIpc) is 3.19. The Morgan fingerprint density at radius 2 is 0.667 bits per heavy atom. The molecule has 6 heteroatoms.